The van der Waals surface area contributed by atoms with E-state index in [1.807, 2.05) is 6.92 Å². The van der Waals surface area contributed by atoms with Crippen molar-refractivity contribution in [3.05, 3.63) is 16.3 Å². The maximum absolute atomic E-state index is 10.6. The smallest absolute Gasteiger partial charge is 0.349 e. The Balaban J connectivity index is 3.03. The highest BCUT2D eigenvalue weighted by Crippen LogP contribution is 2.24. The Morgan fingerprint density at radius 2 is 2.33 bits per heavy atom. The van der Waals surface area contributed by atoms with E-state index in [0.29, 0.717) is 19.1 Å². The molecular weight excluding hydrogens is 200 g/mol. The first kappa shape index (κ1) is 11.2. The third kappa shape index (κ3) is 2.76. The van der Waals surface area contributed by atoms with Gasteiger partial charge in [-0.2, -0.15) is 4.98 Å². The Morgan fingerprint density at radius 1 is 1.60 bits per heavy atom. The highest BCUT2D eigenvalue weighted by atomic mass is 16.6. The largest absolute Gasteiger partial charge is 0.473 e. The summed E-state index contributed by atoms with van der Waals surface area (Å²) in [5.41, 5.74) is -0.224. The van der Waals surface area contributed by atoms with Crippen LogP contribution in [0.4, 0.5) is 11.6 Å². The van der Waals surface area contributed by atoms with Gasteiger partial charge < -0.3 is 10.1 Å². The van der Waals surface area contributed by atoms with Crippen molar-refractivity contribution >= 4 is 11.6 Å². The van der Waals surface area contributed by atoms with Crippen molar-refractivity contribution in [3.8, 4) is 5.88 Å². The van der Waals surface area contributed by atoms with Crippen LogP contribution in [0.25, 0.3) is 0 Å². The van der Waals surface area contributed by atoms with Crippen LogP contribution < -0.4 is 10.1 Å². The van der Waals surface area contributed by atoms with E-state index in [0.717, 1.165) is 6.20 Å². The van der Waals surface area contributed by atoms with E-state index in [1.54, 1.807) is 6.92 Å². The van der Waals surface area contributed by atoms with E-state index >= 15 is 0 Å². The van der Waals surface area contributed by atoms with E-state index in [1.165, 1.54) is 0 Å². The molecule has 0 unspecified atom stereocenters. The van der Waals surface area contributed by atoms with Gasteiger partial charge in [0.1, 0.15) is 6.20 Å². The molecule has 0 aliphatic carbocycles. The van der Waals surface area contributed by atoms with Crippen molar-refractivity contribution in [1.82, 2.24) is 9.97 Å². The van der Waals surface area contributed by atoms with Crippen LogP contribution >= 0.6 is 0 Å². The Bertz CT molecular complexity index is 356. The maximum atomic E-state index is 10.6. The molecule has 0 amide bonds. The van der Waals surface area contributed by atoms with Gasteiger partial charge in [-0.1, -0.05) is 0 Å². The molecule has 0 aromatic carbocycles. The number of nitro groups is 1. The zero-order valence-corrected chi connectivity index (χ0v) is 8.56. The van der Waals surface area contributed by atoms with Crippen molar-refractivity contribution < 1.29 is 9.66 Å². The van der Waals surface area contributed by atoms with Gasteiger partial charge in [-0.3, -0.25) is 10.1 Å². The van der Waals surface area contributed by atoms with Gasteiger partial charge in [0.05, 0.1) is 11.5 Å². The van der Waals surface area contributed by atoms with Crippen LogP contribution in [0, 0.1) is 10.1 Å². The van der Waals surface area contributed by atoms with Gasteiger partial charge in [0.15, 0.2) is 0 Å². The fraction of sp³-hybridized carbons (Fsp3) is 0.500. The molecule has 1 N–H and O–H groups in total. The highest BCUT2D eigenvalue weighted by molar-refractivity contribution is 5.43. The third-order valence-electron chi connectivity index (χ3n) is 1.55. The second-order valence-corrected chi connectivity index (χ2v) is 2.60. The molecule has 1 aromatic rings. The number of aromatic nitrogens is 2. The normalized spacial score (nSPS) is 9.73. The fourth-order valence-corrected chi connectivity index (χ4v) is 0.971. The number of nitrogens with one attached hydrogen (secondary N) is 1. The van der Waals surface area contributed by atoms with Crippen LogP contribution in [0.2, 0.25) is 0 Å². The fourth-order valence-electron chi connectivity index (χ4n) is 0.971. The number of hydrogen-bond acceptors (Lipinski definition) is 6. The number of ether oxygens (including phenoxy) is 1. The molecule has 15 heavy (non-hydrogen) atoms. The SMILES string of the molecule is CCNc1ncc([N+](=O)[O-])c(OCC)n1. The summed E-state index contributed by atoms with van der Waals surface area (Å²) in [4.78, 5) is 17.7. The summed E-state index contributed by atoms with van der Waals surface area (Å²) in [5.74, 6) is 0.319. The van der Waals surface area contributed by atoms with Crippen LogP contribution in [-0.2, 0) is 0 Å². The van der Waals surface area contributed by atoms with Gasteiger partial charge in [-0.05, 0) is 13.8 Å². The van der Waals surface area contributed by atoms with E-state index in [-0.39, 0.29) is 11.6 Å². The topological polar surface area (TPSA) is 90.2 Å². The molecule has 0 spiro atoms. The van der Waals surface area contributed by atoms with Crippen molar-refractivity contribution in [1.29, 1.82) is 0 Å². The average molecular weight is 212 g/mol. The lowest BCUT2D eigenvalue weighted by molar-refractivity contribution is -0.386. The number of hydrogen-bond donors (Lipinski definition) is 1. The number of nitrogens with zero attached hydrogens (tertiary/aromatic N) is 3. The lowest BCUT2D eigenvalue weighted by Gasteiger charge is -2.05. The minimum absolute atomic E-state index is 0.00606. The zero-order chi connectivity index (χ0) is 11.3. The van der Waals surface area contributed by atoms with Crippen molar-refractivity contribution in [2.24, 2.45) is 0 Å². The lowest BCUT2D eigenvalue weighted by atomic mass is 10.5. The van der Waals surface area contributed by atoms with Gasteiger partial charge in [-0.15, -0.1) is 0 Å². The average Bonchev–Trinajstić information content (AvgIpc) is 2.18. The summed E-state index contributed by atoms with van der Waals surface area (Å²) < 4.78 is 5.05. The molecular formula is C8H12N4O3. The van der Waals surface area contributed by atoms with E-state index in [9.17, 15) is 10.1 Å². The first-order chi connectivity index (χ1) is 7.19. The Morgan fingerprint density at radius 3 is 2.87 bits per heavy atom. The Hall–Kier alpha value is -1.92. The first-order valence-corrected chi connectivity index (χ1v) is 4.57. The minimum Gasteiger partial charge on any atom is -0.473 e. The summed E-state index contributed by atoms with van der Waals surface area (Å²) in [7, 11) is 0. The summed E-state index contributed by atoms with van der Waals surface area (Å²) >= 11 is 0. The molecule has 0 atom stereocenters. The molecule has 0 aliphatic rings. The van der Waals surface area contributed by atoms with E-state index in [2.05, 4.69) is 15.3 Å². The van der Waals surface area contributed by atoms with Crippen LogP contribution in [0.3, 0.4) is 0 Å². The van der Waals surface area contributed by atoms with Crippen LogP contribution in [0.1, 0.15) is 13.8 Å². The second kappa shape index (κ2) is 5.08. The van der Waals surface area contributed by atoms with E-state index in [4.69, 9.17) is 4.74 Å². The van der Waals surface area contributed by atoms with Crippen molar-refractivity contribution in [3.63, 3.8) is 0 Å². The maximum Gasteiger partial charge on any atom is 0.349 e. The zero-order valence-electron chi connectivity index (χ0n) is 8.56. The number of rotatable bonds is 5. The minimum atomic E-state index is -0.569. The predicted molar refractivity (Wildman–Crippen MR) is 54.0 cm³/mol. The quantitative estimate of drug-likeness (QED) is 0.582. The Labute approximate surface area is 86.6 Å². The molecule has 0 bridgehead atoms. The Kier molecular flexibility index (Phi) is 3.78. The summed E-state index contributed by atoms with van der Waals surface area (Å²) in [6.07, 6.45) is 1.13. The molecule has 7 heteroatoms. The molecule has 0 aliphatic heterocycles. The first-order valence-electron chi connectivity index (χ1n) is 4.57. The summed E-state index contributed by atoms with van der Waals surface area (Å²) in [5, 5.41) is 13.4. The van der Waals surface area contributed by atoms with Crippen LogP contribution in [-0.4, -0.2) is 28.0 Å². The highest BCUT2D eigenvalue weighted by Gasteiger charge is 2.18. The second-order valence-electron chi connectivity index (χ2n) is 2.60. The molecule has 1 rings (SSSR count). The molecule has 1 heterocycles. The molecule has 1 aromatic heterocycles. The van der Waals surface area contributed by atoms with E-state index < -0.39 is 4.92 Å². The van der Waals surface area contributed by atoms with Crippen LogP contribution in [0.15, 0.2) is 6.20 Å². The van der Waals surface area contributed by atoms with Gasteiger partial charge in [0.25, 0.3) is 5.88 Å². The lowest BCUT2D eigenvalue weighted by Crippen LogP contribution is -2.06. The molecule has 0 fully saturated rings. The van der Waals surface area contributed by atoms with Gasteiger partial charge in [-0.25, -0.2) is 4.98 Å². The van der Waals surface area contributed by atoms with Gasteiger partial charge in [0, 0.05) is 6.54 Å². The van der Waals surface area contributed by atoms with Gasteiger partial charge in [0.2, 0.25) is 5.95 Å². The van der Waals surface area contributed by atoms with Gasteiger partial charge >= 0.3 is 5.69 Å². The van der Waals surface area contributed by atoms with Crippen LogP contribution in [0.5, 0.6) is 5.88 Å². The summed E-state index contributed by atoms with van der Waals surface area (Å²) in [6.45, 7) is 4.58. The molecule has 0 radical (unpaired) electrons. The standard InChI is InChI=1S/C8H12N4O3/c1-3-9-8-10-5-6(12(13)14)7(11-8)15-4-2/h5H,3-4H2,1-2H3,(H,9,10,11). The molecule has 0 saturated carbocycles. The monoisotopic (exact) mass is 212 g/mol. The summed E-state index contributed by atoms with van der Waals surface area (Å²) in [6, 6.07) is 0. The van der Waals surface area contributed by atoms with Crippen molar-refractivity contribution in [2.45, 2.75) is 13.8 Å². The van der Waals surface area contributed by atoms with Crippen molar-refractivity contribution in [2.75, 3.05) is 18.5 Å². The molecule has 0 saturated heterocycles. The predicted octanol–water partition coefficient (Wildman–Crippen LogP) is 1.22. The number of anilines is 1. The third-order valence-corrected chi connectivity index (χ3v) is 1.55. The molecule has 7 nitrogen and oxygen atoms in total. The molecule has 82 valence electrons.